The van der Waals surface area contributed by atoms with Gasteiger partial charge in [-0.05, 0) is 32.8 Å². The second-order valence-electron chi connectivity index (χ2n) is 6.82. The molecular formula is C15H25N2O4P. The monoisotopic (exact) mass is 328 g/mol. The van der Waals surface area contributed by atoms with Gasteiger partial charge < -0.3 is 25.2 Å². The Labute approximate surface area is 131 Å². The quantitative estimate of drug-likeness (QED) is 0.648. The molecule has 0 bridgehead atoms. The van der Waals surface area contributed by atoms with Crippen LogP contribution in [0.25, 0.3) is 0 Å². The molecule has 0 aliphatic carbocycles. The maximum Gasteiger partial charge on any atom is 0.250 e. The van der Waals surface area contributed by atoms with Gasteiger partial charge in [0.05, 0.1) is 5.60 Å². The first-order valence-corrected chi connectivity index (χ1v) is 10.3. The van der Waals surface area contributed by atoms with Crippen LogP contribution in [-0.2, 0) is 9.53 Å². The third kappa shape index (κ3) is 3.46. The van der Waals surface area contributed by atoms with E-state index in [1.807, 2.05) is 0 Å². The Balaban J connectivity index is 2.16. The summed E-state index contributed by atoms with van der Waals surface area (Å²) in [5, 5.41) is 23.3. The third-order valence-electron chi connectivity index (χ3n) is 4.08. The summed E-state index contributed by atoms with van der Waals surface area (Å²) < 4.78 is 5.97. The molecule has 124 valence electrons. The lowest BCUT2D eigenvalue weighted by atomic mass is 9.94. The predicted octanol–water partition coefficient (Wildman–Crippen LogP) is 0.339. The molecule has 1 saturated heterocycles. The number of amides is 1. The van der Waals surface area contributed by atoms with E-state index in [-0.39, 0.29) is 5.91 Å². The zero-order valence-corrected chi connectivity index (χ0v) is 14.2. The van der Waals surface area contributed by atoms with E-state index in [1.54, 1.807) is 6.92 Å². The lowest BCUT2D eigenvalue weighted by Crippen LogP contribution is -2.46. The number of aliphatic hydroxyl groups excluding tert-OH is 2. The molecule has 0 aromatic rings. The van der Waals surface area contributed by atoms with E-state index in [0.29, 0.717) is 12.2 Å². The molecule has 0 saturated carbocycles. The van der Waals surface area contributed by atoms with E-state index < -0.39 is 30.9 Å². The van der Waals surface area contributed by atoms with Crippen molar-refractivity contribution >= 4 is 19.1 Å². The average Bonchev–Trinajstić information content (AvgIpc) is 2.61. The van der Waals surface area contributed by atoms with Crippen molar-refractivity contribution in [2.24, 2.45) is 0 Å². The van der Waals surface area contributed by atoms with Crippen molar-refractivity contribution in [1.29, 1.82) is 0 Å². The molecule has 0 radical (unpaired) electrons. The Kier molecular flexibility index (Phi) is 4.60. The number of rotatable bonds is 4. The summed E-state index contributed by atoms with van der Waals surface area (Å²) in [6.07, 6.45) is 5.59. The Morgan fingerprint density at radius 1 is 1.50 bits per heavy atom. The molecule has 2 rings (SSSR count). The number of carbonyl (C=O) groups excluding carboxylic acids is 1. The van der Waals surface area contributed by atoms with Gasteiger partial charge in [-0.15, -0.1) is 13.2 Å². The van der Waals surface area contributed by atoms with Gasteiger partial charge in [0.2, 0.25) is 0 Å². The zero-order valence-electron chi connectivity index (χ0n) is 13.3. The van der Waals surface area contributed by atoms with E-state index in [0.717, 1.165) is 6.16 Å². The molecular weight excluding hydrogens is 303 g/mol. The smallest absolute Gasteiger partial charge is 0.250 e. The van der Waals surface area contributed by atoms with Crippen molar-refractivity contribution in [3.05, 3.63) is 24.7 Å². The number of ether oxygens (including phenoxy) is 1. The van der Waals surface area contributed by atoms with Gasteiger partial charge >= 0.3 is 0 Å². The fraction of sp³-hybridized carbons (Fsp3) is 0.600. The number of carbonyl (C=O) groups is 1. The van der Waals surface area contributed by atoms with Crippen molar-refractivity contribution in [1.82, 2.24) is 10.2 Å². The van der Waals surface area contributed by atoms with Crippen LogP contribution < -0.4 is 5.32 Å². The van der Waals surface area contributed by atoms with E-state index in [4.69, 9.17) is 4.74 Å². The van der Waals surface area contributed by atoms with Gasteiger partial charge in [0.25, 0.3) is 5.91 Å². The summed E-state index contributed by atoms with van der Waals surface area (Å²) >= 11 is 0. The first-order chi connectivity index (χ1) is 10.0. The maximum absolute atomic E-state index is 11.3. The van der Waals surface area contributed by atoms with Gasteiger partial charge in [-0.3, -0.25) is 4.79 Å². The Bertz CT molecular complexity index is 556. The van der Waals surface area contributed by atoms with Crippen LogP contribution in [0, 0.1) is 0 Å². The van der Waals surface area contributed by atoms with Crippen LogP contribution in [0.4, 0.5) is 0 Å². The van der Waals surface area contributed by atoms with Gasteiger partial charge in [-0.1, -0.05) is 6.58 Å². The molecule has 6 nitrogen and oxygen atoms in total. The number of nitrogens with one attached hydrogen (secondary N) is 1. The number of hydrogen-bond acceptors (Lipinski definition) is 5. The highest BCUT2D eigenvalue weighted by molar-refractivity contribution is 7.72. The number of nitrogens with zero attached hydrogens (tertiary/aromatic N) is 1. The van der Waals surface area contributed by atoms with Crippen molar-refractivity contribution < 1.29 is 19.7 Å². The van der Waals surface area contributed by atoms with E-state index in [1.165, 1.54) is 17.2 Å². The van der Waals surface area contributed by atoms with Crippen LogP contribution in [0.15, 0.2) is 24.7 Å². The van der Waals surface area contributed by atoms with Crippen molar-refractivity contribution in [3.8, 4) is 0 Å². The highest BCUT2D eigenvalue weighted by atomic mass is 31.2. The average molecular weight is 328 g/mol. The molecule has 1 unspecified atom stereocenters. The predicted molar refractivity (Wildman–Crippen MR) is 88.9 cm³/mol. The van der Waals surface area contributed by atoms with Crippen molar-refractivity contribution in [3.63, 3.8) is 0 Å². The van der Waals surface area contributed by atoms with Gasteiger partial charge in [-0.25, -0.2) is 0 Å². The normalized spacial score (nSPS) is 35.9. The van der Waals surface area contributed by atoms with Crippen LogP contribution in [0.5, 0.6) is 0 Å². The highest BCUT2D eigenvalue weighted by Gasteiger charge is 2.53. The molecule has 1 amide bonds. The first-order valence-electron chi connectivity index (χ1n) is 7.21. The lowest BCUT2D eigenvalue weighted by Gasteiger charge is -2.34. The summed E-state index contributed by atoms with van der Waals surface area (Å²) in [6, 6.07) is 0. The highest BCUT2D eigenvalue weighted by Crippen LogP contribution is 2.43. The first kappa shape index (κ1) is 17.3. The van der Waals surface area contributed by atoms with Gasteiger partial charge in [0.1, 0.15) is 18.0 Å². The van der Waals surface area contributed by atoms with Crippen LogP contribution in [0.3, 0.4) is 0 Å². The summed E-state index contributed by atoms with van der Waals surface area (Å²) in [5.74, 6) is 0.0404. The van der Waals surface area contributed by atoms with E-state index in [9.17, 15) is 15.0 Å². The molecule has 1 fully saturated rings. The minimum absolute atomic E-state index is 0.277. The standard InChI is InChI=1S/C15H25N2O4P/c1-10-16-11(18)6-8-17(10)14-12(19)13(20)15(2,21-14)7-9-22(3,4)5/h6,8,12-14,19-20H,1,3,7,9H2,2,4-5H3,(H,16,18)/t12?,13-,14+,15+/m0/s1. The maximum atomic E-state index is 11.3. The summed E-state index contributed by atoms with van der Waals surface area (Å²) in [6.45, 7) is 8.53. The molecule has 2 aliphatic heterocycles. The largest absolute Gasteiger partial charge is 0.387 e. The number of aliphatic hydroxyl groups is 2. The molecule has 22 heavy (non-hydrogen) atoms. The second kappa shape index (κ2) is 5.85. The van der Waals surface area contributed by atoms with Crippen LogP contribution in [-0.4, -0.2) is 70.8 Å². The lowest BCUT2D eigenvalue weighted by molar-refractivity contribution is -0.121. The van der Waals surface area contributed by atoms with E-state index >= 15 is 0 Å². The van der Waals surface area contributed by atoms with Gasteiger partial charge in [-0.2, -0.15) is 0 Å². The van der Waals surface area contributed by atoms with Crippen molar-refractivity contribution in [2.45, 2.75) is 37.4 Å². The summed E-state index contributed by atoms with van der Waals surface area (Å²) in [4.78, 5) is 12.8. The van der Waals surface area contributed by atoms with Gasteiger partial charge in [0, 0.05) is 12.3 Å². The van der Waals surface area contributed by atoms with Crippen LogP contribution >= 0.6 is 6.89 Å². The topological polar surface area (TPSA) is 82.0 Å². The Hall–Kier alpha value is -1.07. The third-order valence-corrected chi connectivity index (χ3v) is 5.52. The second-order valence-corrected chi connectivity index (χ2v) is 11.1. The minimum atomic E-state index is -1.25. The Morgan fingerprint density at radius 3 is 2.68 bits per heavy atom. The van der Waals surface area contributed by atoms with Gasteiger partial charge in [0.15, 0.2) is 6.23 Å². The SMILES string of the molecule is C=C1NC(=O)C=CN1[C@@H]1O[C@](C)(CCP(=C)(C)C)[C@@H](O)C1O. The molecule has 4 atom stereocenters. The zero-order chi connectivity index (χ0) is 16.7. The molecule has 2 heterocycles. The fourth-order valence-corrected chi connectivity index (χ4v) is 3.66. The van der Waals surface area contributed by atoms with E-state index in [2.05, 4.69) is 31.5 Å². The number of hydrogen-bond donors (Lipinski definition) is 3. The minimum Gasteiger partial charge on any atom is -0.387 e. The molecule has 2 aliphatic rings. The van der Waals surface area contributed by atoms with Crippen LogP contribution in [0.1, 0.15) is 13.3 Å². The molecule has 3 N–H and O–H groups in total. The molecule has 7 heteroatoms. The molecule has 0 aromatic carbocycles. The Morgan fingerprint density at radius 2 is 2.14 bits per heavy atom. The van der Waals surface area contributed by atoms with Crippen LogP contribution in [0.2, 0.25) is 0 Å². The fourth-order valence-electron chi connectivity index (χ4n) is 2.61. The molecule has 0 spiro atoms. The summed E-state index contributed by atoms with van der Waals surface area (Å²) in [7, 11) is 0. The van der Waals surface area contributed by atoms with Crippen molar-refractivity contribution in [2.75, 3.05) is 19.5 Å². The summed E-state index contributed by atoms with van der Waals surface area (Å²) in [5.41, 5.74) is -0.853. The molecule has 0 aromatic heterocycles.